The van der Waals surface area contributed by atoms with Crippen LogP contribution in [0.1, 0.15) is 1.43 Å². The average Bonchev–Trinajstić information content (AvgIpc) is 0.811. The number of rotatable bonds is 0. The third kappa shape index (κ3) is 94.6. The summed E-state index contributed by atoms with van der Waals surface area (Å²) < 4.78 is 0. The molecule has 0 saturated heterocycles. The Morgan fingerprint density at radius 3 is 1.12 bits per heavy atom. The van der Waals surface area contributed by atoms with Crippen molar-refractivity contribution < 1.29 is 85.7 Å². The van der Waals surface area contributed by atoms with E-state index in [1.807, 2.05) is 0 Å². The van der Waals surface area contributed by atoms with Crippen LogP contribution in [-0.4, -0.2) is 22.4 Å². The number of hydrogen-bond acceptors (Lipinski definition) is 3. The Morgan fingerprint density at radius 1 is 1.12 bits per heavy atom. The van der Waals surface area contributed by atoms with Crippen LogP contribution in [0, 0.1) is 0 Å². The maximum atomic E-state index is 7.17. The fourth-order valence-corrected chi connectivity index (χ4v) is 0. The van der Waals surface area contributed by atoms with Gasteiger partial charge < -0.3 is 16.5 Å². The van der Waals surface area contributed by atoms with Gasteiger partial charge in [0.25, 0.3) is 0 Å². The van der Waals surface area contributed by atoms with Gasteiger partial charge in [0.1, 0.15) is 0 Å². The zero-order chi connectivity index (χ0) is 3.58. The molecule has 0 atom stereocenters. The summed E-state index contributed by atoms with van der Waals surface area (Å²) in [4.78, 5) is 0. The van der Waals surface area contributed by atoms with E-state index >= 15 is 0 Å². The Hall–Kier alpha value is 2.06. The minimum Gasteiger partial charge on any atom is -1.00 e. The van der Waals surface area contributed by atoms with Crippen LogP contribution in [0.4, 0.5) is 0 Å². The first kappa shape index (κ1) is 32.2. The first-order valence-electron chi connectivity index (χ1n) is 0.775. The molecule has 0 aliphatic rings. The Labute approximate surface area is 92.4 Å². The van der Waals surface area contributed by atoms with Gasteiger partial charge in [0, 0.05) is 50.3 Å². The molecule has 0 heterocycles. The molecule has 2 radical (unpaired) electrons. The van der Waals surface area contributed by atoms with Crippen LogP contribution in [0.5, 0.6) is 0 Å². The van der Waals surface area contributed by atoms with Gasteiger partial charge >= 0.3 is 26.2 Å². The maximum Gasteiger partial charge on any atom is 1.00 e. The molecule has 0 aromatic heterocycles. The van der Waals surface area contributed by atoms with Crippen molar-refractivity contribution in [2.75, 3.05) is 0 Å². The van der Waals surface area contributed by atoms with Crippen LogP contribution in [0.25, 0.3) is 0 Å². The van der Waals surface area contributed by atoms with Gasteiger partial charge in [-0.15, -0.1) is 0 Å². The van der Waals surface area contributed by atoms with E-state index in [0.717, 1.165) is 0 Å². The molecule has 3 nitrogen and oxygen atoms in total. The predicted octanol–water partition coefficient (Wildman–Crippen LogP) is -4.94. The third-order valence-electron chi connectivity index (χ3n) is 0. The van der Waals surface area contributed by atoms with Crippen LogP contribution in [0.3, 0.4) is 0 Å². The molecule has 0 aromatic carbocycles. The van der Waals surface area contributed by atoms with E-state index in [9.17, 15) is 0 Å². The summed E-state index contributed by atoms with van der Waals surface area (Å²) in [5, 5.41) is 21.5. The second-order valence-electron chi connectivity index (χ2n) is 0.346. The molecule has 0 rings (SSSR count). The molecule has 0 unspecified atom stereocenters. The Kier molecular flexibility index (Phi) is 92.7. The third-order valence-corrected chi connectivity index (χ3v) is 0. The maximum absolute atomic E-state index is 7.17. The second-order valence-corrected chi connectivity index (χ2v) is 0.346. The van der Waals surface area contributed by atoms with Crippen molar-refractivity contribution in [3.8, 4) is 0 Å². The quantitative estimate of drug-likeness (QED) is 0.373. The zero-order valence-corrected chi connectivity index (χ0v) is 7.16. The van der Waals surface area contributed by atoms with Gasteiger partial charge in [-0.05, 0) is 0 Å². The number of hydrogen-bond donors (Lipinski definition) is 3. The van der Waals surface area contributed by atoms with Gasteiger partial charge in [-0.2, -0.15) is 0 Å². The van der Waals surface area contributed by atoms with Crippen LogP contribution in [0.15, 0.2) is 0 Å². The summed E-state index contributed by atoms with van der Waals surface area (Å²) in [6.45, 7) is 0. The smallest absolute Gasteiger partial charge is 1.00 e. The Balaban J connectivity index is -0.00000000450. The van der Waals surface area contributed by atoms with Crippen molar-refractivity contribution in [3.05, 3.63) is 0 Å². The molecular formula is H4BCoLiMnNiO3. The van der Waals surface area contributed by atoms with Gasteiger partial charge in [-0.1, -0.05) is 0 Å². The van der Waals surface area contributed by atoms with E-state index in [4.69, 9.17) is 15.1 Å². The van der Waals surface area contributed by atoms with Crippen molar-refractivity contribution in [2.45, 2.75) is 0 Å². The molecular weight excluding hydrogens is 238 g/mol. The van der Waals surface area contributed by atoms with E-state index in [0.29, 0.717) is 0 Å². The molecule has 0 aliphatic heterocycles. The molecule has 0 spiro atoms. The van der Waals surface area contributed by atoms with Crippen molar-refractivity contribution in [1.82, 2.24) is 0 Å². The average molecular weight is 242 g/mol. The van der Waals surface area contributed by atoms with Crippen molar-refractivity contribution >= 4 is 7.32 Å². The van der Waals surface area contributed by atoms with Crippen molar-refractivity contribution in [1.29, 1.82) is 0 Å². The van der Waals surface area contributed by atoms with Gasteiger partial charge in [0.05, 0.1) is 0 Å². The summed E-state index contributed by atoms with van der Waals surface area (Å²) in [6.07, 6.45) is 0. The summed E-state index contributed by atoms with van der Waals surface area (Å²) in [7, 11) is -2.17. The molecule has 0 saturated carbocycles. The van der Waals surface area contributed by atoms with Crippen LogP contribution < -0.4 is 18.9 Å². The Morgan fingerprint density at radius 2 is 1.12 bits per heavy atom. The molecule has 3 N–H and O–H groups in total. The normalized spacial score (nSPS) is 3.38. The first-order valence-corrected chi connectivity index (χ1v) is 0.775. The minimum absolute atomic E-state index is 0. The molecule has 8 heteroatoms. The van der Waals surface area contributed by atoms with Crippen molar-refractivity contribution in [3.63, 3.8) is 0 Å². The standard InChI is InChI=1S/BH3O3.Co.Li.Mn.Ni.H/c2-1(3)4;;;;;/h2-4H;;;;;/q;;+1;;;-1. The summed E-state index contributed by atoms with van der Waals surface area (Å²) in [6, 6.07) is 0. The van der Waals surface area contributed by atoms with Gasteiger partial charge in [-0.3, -0.25) is 0 Å². The predicted molar refractivity (Wildman–Crippen MR) is 13.5 cm³/mol. The van der Waals surface area contributed by atoms with E-state index < -0.39 is 7.32 Å². The van der Waals surface area contributed by atoms with E-state index in [-0.39, 0.29) is 70.6 Å². The van der Waals surface area contributed by atoms with E-state index in [1.54, 1.807) is 0 Å². The molecule has 0 aliphatic carbocycles. The monoisotopic (exact) mass is 242 g/mol. The first-order chi connectivity index (χ1) is 1.73. The largest absolute Gasteiger partial charge is 1.00 e. The van der Waals surface area contributed by atoms with Crippen LogP contribution >= 0.6 is 0 Å². The molecule has 0 amide bonds. The van der Waals surface area contributed by atoms with E-state index in [2.05, 4.69) is 0 Å². The van der Waals surface area contributed by atoms with Gasteiger partial charge in [-0.25, -0.2) is 0 Å². The molecule has 0 fully saturated rings. The van der Waals surface area contributed by atoms with Crippen molar-refractivity contribution in [2.24, 2.45) is 0 Å². The summed E-state index contributed by atoms with van der Waals surface area (Å²) in [5.74, 6) is 0. The zero-order valence-electron chi connectivity index (χ0n) is 4.95. The second kappa shape index (κ2) is 23.0. The van der Waals surface area contributed by atoms with Gasteiger partial charge in [0.15, 0.2) is 0 Å². The summed E-state index contributed by atoms with van der Waals surface area (Å²) >= 11 is 0. The summed E-state index contributed by atoms with van der Waals surface area (Å²) in [5.41, 5.74) is 0. The van der Waals surface area contributed by atoms with Crippen LogP contribution in [-0.2, 0) is 50.3 Å². The van der Waals surface area contributed by atoms with Crippen LogP contribution in [0.2, 0.25) is 0 Å². The molecule has 8 heavy (non-hydrogen) atoms. The van der Waals surface area contributed by atoms with Gasteiger partial charge in [0.2, 0.25) is 0 Å². The van der Waals surface area contributed by atoms with E-state index in [1.165, 1.54) is 0 Å². The fraction of sp³-hybridized carbons (Fsp3) is 0. The molecule has 52 valence electrons. The Bertz CT molecular complexity index is 28.5. The topological polar surface area (TPSA) is 60.7 Å². The minimum atomic E-state index is -2.17. The fourth-order valence-electron chi connectivity index (χ4n) is 0. The SMILES string of the molecule is OB(O)O.[Co].[H-].[Li+].[Mn].[Ni]. The molecule has 0 aromatic rings. The molecule has 0 bridgehead atoms.